The molecule has 1 fully saturated rings. The Morgan fingerprint density at radius 2 is 2.25 bits per heavy atom. The molecule has 0 spiro atoms. The van der Waals surface area contributed by atoms with E-state index in [0.717, 1.165) is 16.5 Å². The lowest BCUT2D eigenvalue weighted by Crippen LogP contribution is -2.31. The topological polar surface area (TPSA) is 24.1 Å². The molecule has 0 radical (unpaired) electrons. The van der Waals surface area contributed by atoms with E-state index in [1.807, 2.05) is 18.2 Å². The van der Waals surface area contributed by atoms with Crippen molar-refractivity contribution in [1.82, 2.24) is 5.32 Å². The van der Waals surface area contributed by atoms with Gasteiger partial charge in [0.2, 0.25) is 0 Å². The predicted molar refractivity (Wildman–Crippen MR) is 69.8 cm³/mol. The second kappa shape index (κ2) is 3.60. The maximum atomic E-state index is 5.98. The van der Waals surface area contributed by atoms with Gasteiger partial charge in [-0.25, -0.2) is 0 Å². The smallest absolute Gasteiger partial charge is 0.110 e. The van der Waals surface area contributed by atoms with E-state index in [1.165, 1.54) is 17.7 Å². The van der Waals surface area contributed by atoms with Gasteiger partial charge in [0.05, 0.1) is 5.69 Å². The molecule has 1 aromatic rings. The van der Waals surface area contributed by atoms with E-state index in [4.69, 9.17) is 11.6 Å². The molecule has 1 heterocycles. The van der Waals surface area contributed by atoms with Crippen molar-refractivity contribution in [3.8, 4) is 0 Å². The third-order valence-corrected chi connectivity index (χ3v) is 4.15. The highest BCUT2D eigenvalue weighted by molar-refractivity contribution is 8.02. The van der Waals surface area contributed by atoms with Gasteiger partial charge >= 0.3 is 0 Å². The van der Waals surface area contributed by atoms with Crippen LogP contribution in [-0.2, 0) is 0 Å². The molecule has 3 rings (SSSR count). The number of nitrogens with one attached hydrogen (secondary N) is 2. The Morgan fingerprint density at radius 3 is 3.00 bits per heavy atom. The molecule has 2 nitrogen and oxygen atoms in total. The number of fused-ring (bicyclic) bond motifs is 1. The van der Waals surface area contributed by atoms with E-state index in [0.29, 0.717) is 5.54 Å². The molecule has 0 unspecified atom stereocenters. The Labute approximate surface area is 104 Å². The molecule has 0 atom stereocenters. The van der Waals surface area contributed by atoms with Crippen LogP contribution in [0.1, 0.15) is 19.8 Å². The van der Waals surface area contributed by atoms with E-state index >= 15 is 0 Å². The van der Waals surface area contributed by atoms with Gasteiger partial charge < -0.3 is 10.6 Å². The Morgan fingerprint density at radius 1 is 1.44 bits per heavy atom. The van der Waals surface area contributed by atoms with E-state index < -0.39 is 0 Å². The maximum absolute atomic E-state index is 5.98. The van der Waals surface area contributed by atoms with Crippen molar-refractivity contribution in [2.45, 2.75) is 30.2 Å². The summed E-state index contributed by atoms with van der Waals surface area (Å²) in [6.45, 7) is 2.24. The van der Waals surface area contributed by atoms with Crippen molar-refractivity contribution >= 4 is 29.1 Å². The average molecular weight is 253 g/mol. The van der Waals surface area contributed by atoms with Crippen LogP contribution in [0.3, 0.4) is 0 Å². The molecular weight excluding hydrogens is 240 g/mol. The van der Waals surface area contributed by atoms with Gasteiger partial charge in [0.1, 0.15) is 5.82 Å². The fraction of sp³-hybridized carbons (Fsp3) is 0.333. The second-order valence-electron chi connectivity index (χ2n) is 4.60. The standard InChI is InChI=1S/C12H13ClN2S/c1-12(4-5-12)15-11-7-16-10-3-2-8(13)6-9(10)14-11/h2-3,6-7,14-15H,4-5H2,1H3. The van der Waals surface area contributed by atoms with E-state index in [9.17, 15) is 0 Å². The lowest BCUT2D eigenvalue weighted by molar-refractivity contribution is 0.612. The average Bonchev–Trinajstić information content (AvgIpc) is 2.95. The molecule has 84 valence electrons. The first-order chi connectivity index (χ1) is 7.65. The summed E-state index contributed by atoms with van der Waals surface area (Å²) in [6.07, 6.45) is 2.50. The van der Waals surface area contributed by atoms with Crippen molar-refractivity contribution in [2.24, 2.45) is 0 Å². The molecule has 0 bridgehead atoms. The highest BCUT2D eigenvalue weighted by atomic mass is 35.5. The van der Waals surface area contributed by atoms with Crippen molar-refractivity contribution < 1.29 is 0 Å². The van der Waals surface area contributed by atoms with Crippen molar-refractivity contribution in [2.75, 3.05) is 5.32 Å². The zero-order valence-electron chi connectivity index (χ0n) is 9.01. The molecule has 16 heavy (non-hydrogen) atoms. The van der Waals surface area contributed by atoms with Crippen LogP contribution in [0, 0.1) is 0 Å². The SMILES string of the molecule is CC1(NC2=CSc3ccc(Cl)cc3N2)CC1. The number of hydrogen-bond donors (Lipinski definition) is 2. The first kappa shape index (κ1) is 10.4. The normalized spacial score (nSPS) is 20.5. The van der Waals surface area contributed by atoms with Crippen LogP contribution in [0.5, 0.6) is 0 Å². The minimum Gasteiger partial charge on any atom is -0.366 e. The van der Waals surface area contributed by atoms with Crippen LogP contribution >= 0.6 is 23.4 Å². The lowest BCUT2D eigenvalue weighted by Gasteiger charge is -2.23. The van der Waals surface area contributed by atoms with Gasteiger partial charge in [-0.2, -0.15) is 0 Å². The zero-order chi connectivity index (χ0) is 11.2. The highest BCUT2D eigenvalue weighted by Crippen LogP contribution is 2.39. The quantitative estimate of drug-likeness (QED) is 0.837. The number of hydrogen-bond acceptors (Lipinski definition) is 3. The summed E-state index contributed by atoms with van der Waals surface area (Å²) < 4.78 is 0. The zero-order valence-corrected chi connectivity index (χ0v) is 10.6. The summed E-state index contributed by atoms with van der Waals surface area (Å²) in [5, 5.41) is 9.79. The molecule has 1 aliphatic heterocycles. The molecule has 0 amide bonds. The summed E-state index contributed by atoms with van der Waals surface area (Å²) in [5.74, 6) is 1.08. The van der Waals surface area contributed by atoms with Crippen molar-refractivity contribution in [1.29, 1.82) is 0 Å². The lowest BCUT2D eigenvalue weighted by atomic mass is 10.3. The summed E-state index contributed by atoms with van der Waals surface area (Å²) in [5.41, 5.74) is 1.39. The number of thioether (sulfide) groups is 1. The minimum absolute atomic E-state index is 0.301. The van der Waals surface area contributed by atoms with Gasteiger partial charge in [-0.1, -0.05) is 23.4 Å². The van der Waals surface area contributed by atoms with Crippen LogP contribution in [-0.4, -0.2) is 5.54 Å². The number of rotatable bonds is 2. The predicted octanol–water partition coefficient (Wildman–Crippen LogP) is 3.80. The van der Waals surface area contributed by atoms with Gasteiger partial charge in [0.15, 0.2) is 0 Å². The highest BCUT2D eigenvalue weighted by Gasteiger charge is 2.37. The van der Waals surface area contributed by atoms with Crippen LogP contribution in [0.2, 0.25) is 5.02 Å². The Kier molecular flexibility index (Phi) is 2.33. The fourth-order valence-corrected chi connectivity index (χ4v) is 2.62. The van der Waals surface area contributed by atoms with Crippen LogP contribution in [0.25, 0.3) is 0 Å². The molecule has 4 heteroatoms. The molecule has 1 aliphatic carbocycles. The van der Waals surface area contributed by atoms with E-state index in [-0.39, 0.29) is 0 Å². The number of anilines is 1. The van der Waals surface area contributed by atoms with Gasteiger partial charge in [-0.3, -0.25) is 0 Å². The van der Waals surface area contributed by atoms with Crippen molar-refractivity contribution in [3.63, 3.8) is 0 Å². The number of halogens is 1. The fourth-order valence-electron chi connectivity index (χ4n) is 1.70. The van der Waals surface area contributed by atoms with Crippen LogP contribution in [0.15, 0.2) is 34.3 Å². The van der Waals surface area contributed by atoms with Gasteiger partial charge in [-0.15, -0.1) is 0 Å². The third kappa shape index (κ3) is 2.02. The molecule has 2 aliphatic rings. The van der Waals surface area contributed by atoms with Gasteiger partial charge in [0.25, 0.3) is 0 Å². The largest absolute Gasteiger partial charge is 0.366 e. The van der Waals surface area contributed by atoms with Crippen LogP contribution in [0.4, 0.5) is 5.69 Å². The Balaban J connectivity index is 1.79. The first-order valence-electron chi connectivity index (χ1n) is 5.36. The maximum Gasteiger partial charge on any atom is 0.110 e. The molecule has 0 saturated heterocycles. The molecule has 1 aromatic carbocycles. The molecule has 0 aromatic heterocycles. The molecule has 2 N–H and O–H groups in total. The van der Waals surface area contributed by atoms with E-state index in [1.54, 1.807) is 11.8 Å². The monoisotopic (exact) mass is 252 g/mol. The first-order valence-corrected chi connectivity index (χ1v) is 6.62. The minimum atomic E-state index is 0.301. The third-order valence-electron chi connectivity index (χ3n) is 2.95. The Bertz CT molecular complexity index is 466. The van der Waals surface area contributed by atoms with E-state index in [2.05, 4.69) is 23.0 Å². The Hall–Kier alpha value is -0.800. The molecular formula is C12H13ClN2S. The van der Waals surface area contributed by atoms with Crippen molar-refractivity contribution in [3.05, 3.63) is 34.5 Å². The van der Waals surface area contributed by atoms with Gasteiger partial charge in [-0.05, 0) is 38.0 Å². The summed E-state index contributed by atoms with van der Waals surface area (Å²) in [7, 11) is 0. The summed E-state index contributed by atoms with van der Waals surface area (Å²) in [6, 6.07) is 5.93. The summed E-state index contributed by atoms with van der Waals surface area (Å²) >= 11 is 7.71. The second-order valence-corrected chi connectivity index (χ2v) is 5.95. The van der Waals surface area contributed by atoms with Crippen LogP contribution < -0.4 is 10.6 Å². The summed E-state index contributed by atoms with van der Waals surface area (Å²) in [4.78, 5) is 1.22. The molecule has 1 saturated carbocycles. The van der Waals surface area contributed by atoms with Gasteiger partial charge in [0, 0.05) is 20.9 Å². The number of benzene rings is 1.